The van der Waals surface area contributed by atoms with Crippen molar-refractivity contribution in [2.24, 2.45) is 5.11 Å². The van der Waals surface area contributed by atoms with Crippen LogP contribution in [0.2, 0.25) is 5.02 Å². The van der Waals surface area contributed by atoms with Crippen LogP contribution in [-0.4, -0.2) is 0 Å². The fourth-order valence-electron chi connectivity index (χ4n) is 1.09. The zero-order valence-electron chi connectivity index (χ0n) is 7.29. The van der Waals surface area contributed by atoms with Gasteiger partial charge in [-0.1, -0.05) is 22.8 Å². The molecule has 0 bridgehead atoms. The number of hydrogen-bond acceptors (Lipinski definition) is 1. The molecule has 0 radical (unpaired) electrons. The minimum absolute atomic E-state index is 0.0581. The molecular weight excluding hydrogens is 231 g/mol. The van der Waals surface area contributed by atoms with E-state index in [1.54, 1.807) is 0 Å². The monoisotopic (exact) mass is 235 g/mol. The molecule has 3 nitrogen and oxygen atoms in total. The second kappa shape index (κ2) is 4.42. The molecule has 0 saturated carbocycles. The minimum atomic E-state index is -4.49. The average molecular weight is 236 g/mol. The van der Waals surface area contributed by atoms with Crippen molar-refractivity contribution in [3.8, 4) is 0 Å². The van der Waals surface area contributed by atoms with Crippen LogP contribution in [0, 0.1) is 0 Å². The molecule has 1 rings (SSSR count). The summed E-state index contributed by atoms with van der Waals surface area (Å²) < 4.78 is 37.4. The zero-order chi connectivity index (χ0) is 11.5. The number of nitrogens with zero attached hydrogens (tertiary/aromatic N) is 3. The second-order valence-corrected chi connectivity index (χ2v) is 3.06. The molecule has 1 aromatic carbocycles. The molecular formula is C8H5ClF3N3. The van der Waals surface area contributed by atoms with E-state index in [1.807, 2.05) is 0 Å². The van der Waals surface area contributed by atoms with Gasteiger partial charge in [0.2, 0.25) is 0 Å². The third kappa shape index (κ3) is 2.78. The summed E-state index contributed by atoms with van der Waals surface area (Å²) in [6.45, 7) is -0.412. The lowest BCUT2D eigenvalue weighted by molar-refractivity contribution is -0.138. The molecule has 7 heteroatoms. The lowest BCUT2D eigenvalue weighted by atomic mass is 10.1. The molecule has 1 aromatic rings. The lowest BCUT2D eigenvalue weighted by Gasteiger charge is -2.12. The third-order valence-corrected chi connectivity index (χ3v) is 2.07. The van der Waals surface area contributed by atoms with Crippen molar-refractivity contribution >= 4 is 11.6 Å². The fourth-order valence-corrected chi connectivity index (χ4v) is 1.32. The van der Waals surface area contributed by atoms with E-state index in [0.717, 1.165) is 6.07 Å². The van der Waals surface area contributed by atoms with Crippen molar-refractivity contribution in [3.63, 3.8) is 0 Å². The Bertz CT molecular complexity index is 410. The summed E-state index contributed by atoms with van der Waals surface area (Å²) in [5.41, 5.74) is 6.97. The molecule has 0 unspecified atom stereocenters. The van der Waals surface area contributed by atoms with Crippen LogP contribution in [0.1, 0.15) is 11.1 Å². The van der Waals surface area contributed by atoms with Crippen molar-refractivity contribution in [1.29, 1.82) is 0 Å². The van der Waals surface area contributed by atoms with Crippen LogP contribution in [0.25, 0.3) is 10.4 Å². The first-order chi connectivity index (χ1) is 6.96. The molecule has 0 aliphatic heterocycles. The summed E-state index contributed by atoms with van der Waals surface area (Å²) >= 11 is 5.59. The number of alkyl halides is 3. The largest absolute Gasteiger partial charge is 0.416 e. The maximum absolute atomic E-state index is 12.5. The maximum Gasteiger partial charge on any atom is 0.416 e. The molecule has 0 fully saturated rings. The quantitative estimate of drug-likeness (QED) is 0.420. The molecule has 0 spiro atoms. The second-order valence-electron chi connectivity index (χ2n) is 2.65. The Kier molecular flexibility index (Phi) is 3.44. The van der Waals surface area contributed by atoms with Crippen LogP contribution >= 0.6 is 11.6 Å². The van der Waals surface area contributed by atoms with Gasteiger partial charge in [0.15, 0.2) is 0 Å². The SMILES string of the molecule is [N-]=[N+]=NCc1c(Cl)cccc1C(F)(F)F. The van der Waals surface area contributed by atoms with Gasteiger partial charge in [0.05, 0.1) is 12.1 Å². The van der Waals surface area contributed by atoms with E-state index in [2.05, 4.69) is 10.0 Å². The van der Waals surface area contributed by atoms with Crippen LogP contribution in [0.3, 0.4) is 0 Å². The van der Waals surface area contributed by atoms with Crippen LogP contribution in [-0.2, 0) is 12.7 Å². The number of halogens is 4. The zero-order valence-corrected chi connectivity index (χ0v) is 8.05. The Balaban J connectivity index is 3.26. The highest BCUT2D eigenvalue weighted by molar-refractivity contribution is 6.31. The summed E-state index contributed by atoms with van der Waals surface area (Å²) in [6.07, 6.45) is -4.49. The van der Waals surface area contributed by atoms with Gasteiger partial charge >= 0.3 is 6.18 Å². The summed E-state index contributed by atoms with van der Waals surface area (Å²) in [7, 11) is 0. The highest BCUT2D eigenvalue weighted by atomic mass is 35.5. The highest BCUT2D eigenvalue weighted by Crippen LogP contribution is 2.35. The lowest BCUT2D eigenvalue weighted by Crippen LogP contribution is -2.09. The summed E-state index contributed by atoms with van der Waals surface area (Å²) in [6, 6.07) is 3.41. The van der Waals surface area contributed by atoms with Gasteiger partial charge in [0, 0.05) is 9.93 Å². The summed E-state index contributed by atoms with van der Waals surface area (Å²) in [5.74, 6) is 0. The van der Waals surface area contributed by atoms with Crippen molar-refractivity contribution in [3.05, 3.63) is 44.8 Å². The highest BCUT2D eigenvalue weighted by Gasteiger charge is 2.33. The molecule has 0 saturated heterocycles. The number of hydrogen-bond donors (Lipinski definition) is 0. The van der Waals surface area contributed by atoms with E-state index >= 15 is 0 Å². The Morgan fingerprint density at radius 2 is 2.07 bits per heavy atom. The van der Waals surface area contributed by atoms with Crippen molar-refractivity contribution in [2.75, 3.05) is 0 Å². The molecule has 15 heavy (non-hydrogen) atoms. The number of benzene rings is 1. The predicted molar refractivity (Wildman–Crippen MR) is 49.3 cm³/mol. The van der Waals surface area contributed by atoms with Gasteiger partial charge in [-0.05, 0) is 23.2 Å². The van der Waals surface area contributed by atoms with Crippen molar-refractivity contribution in [2.45, 2.75) is 12.7 Å². The van der Waals surface area contributed by atoms with E-state index in [1.165, 1.54) is 12.1 Å². The predicted octanol–water partition coefficient (Wildman–Crippen LogP) is 4.17. The smallest absolute Gasteiger partial charge is 0.166 e. The minimum Gasteiger partial charge on any atom is -0.166 e. The van der Waals surface area contributed by atoms with Crippen LogP contribution < -0.4 is 0 Å². The first-order valence-electron chi connectivity index (χ1n) is 3.82. The molecule has 0 atom stereocenters. The van der Waals surface area contributed by atoms with Gasteiger partial charge in [-0.3, -0.25) is 0 Å². The van der Waals surface area contributed by atoms with Crippen LogP contribution in [0.5, 0.6) is 0 Å². The molecule has 0 aromatic heterocycles. The summed E-state index contributed by atoms with van der Waals surface area (Å²) in [5, 5.41) is 3.02. The topological polar surface area (TPSA) is 48.8 Å². The van der Waals surface area contributed by atoms with Gasteiger partial charge in [-0.25, -0.2) is 0 Å². The molecule has 0 N–H and O–H groups in total. The molecule has 0 aliphatic rings. The van der Waals surface area contributed by atoms with Crippen LogP contribution in [0.15, 0.2) is 23.3 Å². The normalized spacial score (nSPS) is 10.9. The van der Waals surface area contributed by atoms with Crippen molar-refractivity contribution < 1.29 is 13.2 Å². The Morgan fingerprint density at radius 3 is 2.60 bits per heavy atom. The third-order valence-electron chi connectivity index (χ3n) is 1.72. The molecule has 0 amide bonds. The van der Waals surface area contributed by atoms with E-state index < -0.39 is 18.3 Å². The Labute approximate surface area is 88.1 Å². The van der Waals surface area contributed by atoms with E-state index in [-0.39, 0.29) is 10.6 Å². The first-order valence-corrected chi connectivity index (χ1v) is 4.20. The van der Waals surface area contributed by atoms with Gasteiger partial charge in [-0.2, -0.15) is 13.2 Å². The number of rotatable bonds is 2. The average Bonchev–Trinajstić information content (AvgIpc) is 2.14. The summed E-state index contributed by atoms with van der Waals surface area (Å²) in [4.78, 5) is 2.39. The first kappa shape index (κ1) is 11.7. The van der Waals surface area contributed by atoms with Gasteiger partial charge in [0.25, 0.3) is 0 Å². The van der Waals surface area contributed by atoms with Gasteiger partial charge in [-0.15, -0.1) is 0 Å². The Hall–Kier alpha value is -1.39. The standard InChI is InChI=1S/C8H5ClF3N3/c9-7-3-1-2-6(8(10,11)12)5(7)4-14-15-13/h1-3H,4H2. The van der Waals surface area contributed by atoms with Gasteiger partial charge in [0.1, 0.15) is 0 Å². The Morgan fingerprint density at radius 1 is 1.40 bits per heavy atom. The van der Waals surface area contributed by atoms with E-state index in [0.29, 0.717) is 0 Å². The van der Waals surface area contributed by atoms with Crippen LogP contribution in [0.4, 0.5) is 13.2 Å². The maximum atomic E-state index is 12.5. The molecule has 0 aliphatic carbocycles. The van der Waals surface area contributed by atoms with E-state index in [9.17, 15) is 13.2 Å². The molecule has 0 heterocycles. The van der Waals surface area contributed by atoms with Gasteiger partial charge < -0.3 is 0 Å². The number of azide groups is 1. The van der Waals surface area contributed by atoms with E-state index in [4.69, 9.17) is 17.1 Å². The fraction of sp³-hybridized carbons (Fsp3) is 0.250. The van der Waals surface area contributed by atoms with Crippen molar-refractivity contribution in [1.82, 2.24) is 0 Å². The molecule has 80 valence electrons.